The summed E-state index contributed by atoms with van der Waals surface area (Å²) in [5, 5.41) is 6.62. The molecule has 3 aromatic rings. The van der Waals surface area contributed by atoms with Crippen molar-refractivity contribution in [1.29, 1.82) is 0 Å². The van der Waals surface area contributed by atoms with Crippen LogP contribution in [-0.2, 0) is 0 Å². The molecule has 2 aromatic heterocycles. The topological polar surface area (TPSA) is 25.2 Å². The van der Waals surface area contributed by atoms with Gasteiger partial charge in [0.15, 0.2) is 0 Å². The lowest BCUT2D eigenvalue weighted by atomic mass is 10.1. The number of para-hydroxylation sites is 1. The van der Waals surface area contributed by atoms with Crippen molar-refractivity contribution in [3.05, 3.63) is 56.4 Å². The van der Waals surface area contributed by atoms with Crippen molar-refractivity contribution in [1.82, 2.24) is 5.32 Å². The van der Waals surface area contributed by atoms with Gasteiger partial charge in [-0.3, -0.25) is 0 Å². The first-order valence-electron chi connectivity index (χ1n) is 6.09. The Morgan fingerprint density at radius 1 is 1.32 bits per heavy atom. The Morgan fingerprint density at radius 2 is 2.16 bits per heavy atom. The fourth-order valence-corrected chi connectivity index (χ4v) is 3.52. The standard InChI is InChI=1S/C15H14BrNOS/c1-9-4-3-5-10-6-12(18-15(9)10)14(17-2)11-7-13(16)19-8-11/h3-8,14,17H,1-2H3. The Kier molecular flexibility index (Phi) is 3.48. The summed E-state index contributed by atoms with van der Waals surface area (Å²) in [4.78, 5) is 0. The van der Waals surface area contributed by atoms with Crippen molar-refractivity contribution in [2.24, 2.45) is 0 Å². The fourth-order valence-electron chi connectivity index (χ4n) is 2.32. The molecule has 0 fully saturated rings. The van der Waals surface area contributed by atoms with Gasteiger partial charge in [-0.2, -0.15) is 0 Å². The molecule has 0 amide bonds. The summed E-state index contributed by atoms with van der Waals surface area (Å²) in [6, 6.07) is 10.6. The van der Waals surface area contributed by atoms with E-state index < -0.39 is 0 Å². The zero-order chi connectivity index (χ0) is 13.4. The highest BCUT2D eigenvalue weighted by atomic mass is 79.9. The van der Waals surface area contributed by atoms with E-state index in [0.29, 0.717) is 0 Å². The number of hydrogen-bond donors (Lipinski definition) is 1. The van der Waals surface area contributed by atoms with E-state index in [2.05, 4.69) is 63.9 Å². The molecular formula is C15H14BrNOS. The number of halogens is 1. The minimum absolute atomic E-state index is 0.0920. The second-order valence-electron chi connectivity index (χ2n) is 4.55. The highest BCUT2D eigenvalue weighted by molar-refractivity contribution is 9.11. The highest BCUT2D eigenvalue weighted by Crippen LogP contribution is 2.32. The summed E-state index contributed by atoms with van der Waals surface area (Å²) in [5.74, 6) is 0.956. The summed E-state index contributed by atoms with van der Waals surface area (Å²) in [6.07, 6.45) is 0. The monoisotopic (exact) mass is 335 g/mol. The van der Waals surface area contributed by atoms with Gasteiger partial charge in [0, 0.05) is 5.39 Å². The van der Waals surface area contributed by atoms with Crippen LogP contribution in [0.25, 0.3) is 11.0 Å². The molecule has 0 saturated carbocycles. The van der Waals surface area contributed by atoms with Gasteiger partial charge in [0.2, 0.25) is 0 Å². The van der Waals surface area contributed by atoms with Crippen molar-refractivity contribution in [2.75, 3.05) is 7.05 Å². The van der Waals surface area contributed by atoms with Crippen LogP contribution in [0.3, 0.4) is 0 Å². The molecule has 0 aliphatic heterocycles. The number of rotatable bonds is 3. The minimum Gasteiger partial charge on any atom is -0.459 e. The van der Waals surface area contributed by atoms with E-state index in [9.17, 15) is 0 Å². The first-order chi connectivity index (χ1) is 9.19. The van der Waals surface area contributed by atoms with Crippen LogP contribution in [0.1, 0.15) is 22.9 Å². The van der Waals surface area contributed by atoms with Crippen LogP contribution in [0.5, 0.6) is 0 Å². The second-order valence-corrected chi connectivity index (χ2v) is 6.84. The molecule has 19 heavy (non-hydrogen) atoms. The van der Waals surface area contributed by atoms with E-state index >= 15 is 0 Å². The summed E-state index contributed by atoms with van der Waals surface area (Å²) in [6.45, 7) is 2.07. The maximum Gasteiger partial charge on any atom is 0.137 e. The van der Waals surface area contributed by atoms with Gasteiger partial charge in [-0.05, 0) is 58.5 Å². The molecule has 3 rings (SSSR count). The molecule has 0 radical (unpaired) electrons. The lowest BCUT2D eigenvalue weighted by Crippen LogP contribution is -2.16. The van der Waals surface area contributed by atoms with Gasteiger partial charge in [0.1, 0.15) is 11.3 Å². The quantitative estimate of drug-likeness (QED) is 0.738. The Morgan fingerprint density at radius 3 is 2.79 bits per heavy atom. The van der Waals surface area contributed by atoms with E-state index in [4.69, 9.17) is 4.42 Å². The van der Waals surface area contributed by atoms with E-state index in [0.717, 1.165) is 20.5 Å². The third-order valence-corrected chi connectivity index (χ3v) is 4.78. The molecule has 0 saturated heterocycles. The molecule has 1 unspecified atom stereocenters. The van der Waals surface area contributed by atoms with Crippen LogP contribution in [0.4, 0.5) is 0 Å². The van der Waals surface area contributed by atoms with Crippen molar-refractivity contribution < 1.29 is 4.42 Å². The van der Waals surface area contributed by atoms with E-state index in [-0.39, 0.29) is 6.04 Å². The average Bonchev–Trinajstić information content (AvgIpc) is 2.98. The number of furan rings is 1. The number of benzene rings is 1. The lowest BCUT2D eigenvalue weighted by molar-refractivity contribution is 0.491. The van der Waals surface area contributed by atoms with Gasteiger partial charge >= 0.3 is 0 Å². The van der Waals surface area contributed by atoms with Crippen LogP contribution < -0.4 is 5.32 Å². The third-order valence-electron chi connectivity index (χ3n) is 3.25. The first kappa shape index (κ1) is 12.9. The summed E-state index contributed by atoms with van der Waals surface area (Å²) in [7, 11) is 1.95. The molecule has 0 aliphatic rings. The molecule has 2 heterocycles. The normalized spacial score (nSPS) is 13.0. The van der Waals surface area contributed by atoms with Gasteiger partial charge in [-0.15, -0.1) is 11.3 Å². The number of fused-ring (bicyclic) bond motifs is 1. The van der Waals surface area contributed by atoms with Crippen molar-refractivity contribution in [3.63, 3.8) is 0 Å². The fraction of sp³-hybridized carbons (Fsp3) is 0.200. The number of nitrogens with one attached hydrogen (secondary N) is 1. The molecule has 1 N–H and O–H groups in total. The molecular weight excluding hydrogens is 322 g/mol. The largest absolute Gasteiger partial charge is 0.459 e. The Balaban J connectivity index is 2.09. The van der Waals surface area contributed by atoms with Crippen LogP contribution in [0.15, 0.2) is 43.9 Å². The van der Waals surface area contributed by atoms with Crippen LogP contribution in [-0.4, -0.2) is 7.05 Å². The second kappa shape index (κ2) is 5.12. The molecule has 1 atom stereocenters. The van der Waals surface area contributed by atoms with Gasteiger partial charge in [-0.25, -0.2) is 0 Å². The lowest BCUT2D eigenvalue weighted by Gasteiger charge is -2.11. The van der Waals surface area contributed by atoms with Crippen LogP contribution >= 0.6 is 27.3 Å². The number of thiophene rings is 1. The SMILES string of the molecule is CNC(c1csc(Br)c1)c1cc2cccc(C)c2o1. The Hall–Kier alpha value is -1.10. The van der Waals surface area contributed by atoms with Crippen LogP contribution in [0.2, 0.25) is 0 Å². The summed E-state index contributed by atoms with van der Waals surface area (Å²) < 4.78 is 7.18. The Labute approximate surface area is 124 Å². The predicted octanol–water partition coefficient (Wildman–Crippen LogP) is 4.87. The molecule has 98 valence electrons. The van der Waals surface area contributed by atoms with Crippen molar-refractivity contribution >= 4 is 38.2 Å². The van der Waals surface area contributed by atoms with Gasteiger partial charge in [0.05, 0.1) is 9.83 Å². The Bertz CT molecular complexity index is 716. The highest BCUT2D eigenvalue weighted by Gasteiger charge is 2.18. The van der Waals surface area contributed by atoms with E-state index in [1.54, 1.807) is 11.3 Å². The van der Waals surface area contributed by atoms with Crippen molar-refractivity contribution in [2.45, 2.75) is 13.0 Å². The molecule has 0 spiro atoms. The van der Waals surface area contributed by atoms with Gasteiger partial charge in [0.25, 0.3) is 0 Å². The first-order valence-corrected chi connectivity index (χ1v) is 7.76. The molecule has 2 nitrogen and oxygen atoms in total. The molecule has 0 aliphatic carbocycles. The predicted molar refractivity (Wildman–Crippen MR) is 83.9 cm³/mol. The van der Waals surface area contributed by atoms with E-state index in [1.807, 2.05) is 7.05 Å². The van der Waals surface area contributed by atoms with Gasteiger partial charge < -0.3 is 9.73 Å². The average molecular weight is 336 g/mol. The minimum atomic E-state index is 0.0920. The smallest absolute Gasteiger partial charge is 0.137 e. The third kappa shape index (κ3) is 2.36. The zero-order valence-electron chi connectivity index (χ0n) is 10.7. The molecule has 0 bridgehead atoms. The van der Waals surface area contributed by atoms with E-state index in [1.165, 1.54) is 11.1 Å². The zero-order valence-corrected chi connectivity index (χ0v) is 13.1. The van der Waals surface area contributed by atoms with Crippen molar-refractivity contribution in [3.8, 4) is 0 Å². The number of hydrogen-bond acceptors (Lipinski definition) is 3. The maximum atomic E-state index is 6.04. The number of aryl methyl sites for hydroxylation is 1. The maximum absolute atomic E-state index is 6.04. The van der Waals surface area contributed by atoms with Crippen LogP contribution in [0, 0.1) is 6.92 Å². The summed E-state index contributed by atoms with van der Waals surface area (Å²) in [5.41, 5.74) is 3.37. The van der Waals surface area contributed by atoms with Gasteiger partial charge in [-0.1, -0.05) is 18.2 Å². The molecule has 1 aromatic carbocycles. The summed E-state index contributed by atoms with van der Waals surface area (Å²) >= 11 is 5.20. The molecule has 4 heteroatoms.